The minimum absolute atomic E-state index is 0.176. The first-order valence-electron chi connectivity index (χ1n) is 9.46. The lowest BCUT2D eigenvalue weighted by Crippen LogP contribution is -2.27. The number of nitrogens with one attached hydrogen (secondary N) is 1. The van der Waals surface area contributed by atoms with Crippen molar-refractivity contribution in [2.75, 3.05) is 33.1 Å². The minimum atomic E-state index is 0.176. The maximum absolute atomic E-state index is 5.27. The fourth-order valence-electron chi connectivity index (χ4n) is 3.36. The van der Waals surface area contributed by atoms with E-state index in [1.165, 1.54) is 5.56 Å². The average molecular weight is 388 g/mol. The molecular formula is C22H24N6O. The van der Waals surface area contributed by atoms with Crippen LogP contribution in [0.4, 0.5) is 5.82 Å². The Kier molecular flexibility index (Phi) is 5.39. The van der Waals surface area contributed by atoms with Crippen LogP contribution < -0.4 is 10.1 Å². The van der Waals surface area contributed by atoms with Crippen molar-refractivity contribution in [2.45, 2.75) is 6.04 Å². The van der Waals surface area contributed by atoms with E-state index in [4.69, 9.17) is 4.74 Å². The Balaban J connectivity index is 1.59. The molecule has 2 heterocycles. The summed E-state index contributed by atoms with van der Waals surface area (Å²) in [5.41, 5.74) is 2.95. The third-order valence-electron chi connectivity index (χ3n) is 4.95. The molecule has 0 aliphatic carbocycles. The van der Waals surface area contributed by atoms with E-state index >= 15 is 0 Å². The third kappa shape index (κ3) is 3.90. The number of hydrogen-bond donors (Lipinski definition) is 1. The normalized spacial score (nSPS) is 12.3. The summed E-state index contributed by atoms with van der Waals surface area (Å²) in [5, 5.41) is 8.89. The van der Waals surface area contributed by atoms with Gasteiger partial charge in [0.1, 0.15) is 17.9 Å². The average Bonchev–Trinajstić information content (AvgIpc) is 3.20. The quantitative estimate of drug-likeness (QED) is 0.522. The van der Waals surface area contributed by atoms with Gasteiger partial charge in [-0.3, -0.25) is 0 Å². The first-order valence-corrected chi connectivity index (χ1v) is 9.46. The summed E-state index contributed by atoms with van der Waals surface area (Å²) >= 11 is 0. The van der Waals surface area contributed by atoms with Crippen molar-refractivity contribution in [1.82, 2.24) is 24.6 Å². The Hall–Kier alpha value is -3.45. The third-order valence-corrected chi connectivity index (χ3v) is 4.95. The Labute approximate surface area is 170 Å². The number of para-hydroxylation sites is 1. The summed E-state index contributed by atoms with van der Waals surface area (Å²) < 4.78 is 7.10. The van der Waals surface area contributed by atoms with E-state index in [1.54, 1.807) is 13.4 Å². The molecule has 7 heteroatoms. The number of hydrogen-bond acceptors (Lipinski definition) is 6. The first-order chi connectivity index (χ1) is 14.2. The monoisotopic (exact) mass is 388 g/mol. The van der Waals surface area contributed by atoms with E-state index in [0.29, 0.717) is 6.54 Å². The van der Waals surface area contributed by atoms with Crippen LogP contribution in [-0.4, -0.2) is 52.4 Å². The molecular weight excluding hydrogens is 364 g/mol. The number of ether oxygens (including phenoxy) is 1. The molecule has 1 N–H and O–H groups in total. The lowest BCUT2D eigenvalue weighted by atomic mass is 10.1. The van der Waals surface area contributed by atoms with Crippen molar-refractivity contribution in [1.29, 1.82) is 0 Å². The van der Waals surface area contributed by atoms with E-state index in [9.17, 15) is 0 Å². The molecule has 0 amide bonds. The molecule has 29 heavy (non-hydrogen) atoms. The van der Waals surface area contributed by atoms with Gasteiger partial charge in [0.2, 0.25) is 0 Å². The van der Waals surface area contributed by atoms with Crippen LogP contribution in [0.3, 0.4) is 0 Å². The van der Waals surface area contributed by atoms with Gasteiger partial charge >= 0.3 is 0 Å². The van der Waals surface area contributed by atoms with Crippen molar-refractivity contribution in [3.63, 3.8) is 0 Å². The molecule has 4 aromatic rings. The molecule has 1 atom stereocenters. The standard InChI is InChI=1S/C22H24N6O/c1-27(2)20(16-9-11-18(29-3)12-10-16)14-23-21-19-13-26-28(22(19)25-15-24-21)17-7-5-4-6-8-17/h4-13,15,20H,14H2,1-3H3,(H,23,24,25). The summed E-state index contributed by atoms with van der Waals surface area (Å²) in [6, 6.07) is 18.3. The van der Waals surface area contributed by atoms with E-state index < -0.39 is 0 Å². The van der Waals surface area contributed by atoms with Gasteiger partial charge in [0.25, 0.3) is 0 Å². The summed E-state index contributed by atoms with van der Waals surface area (Å²) in [7, 11) is 5.81. The summed E-state index contributed by atoms with van der Waals surface area (Å²) in [6.07, 6.45) is 3.38. The number of methoxy groups -OCH3 is 1. The zero-order valence-electron chi connectivity index (χ0n) is 16.8. The van der Waals surface area contributed by atoms with Crippen LogP contribution in [0, 0.1) is 0 Å². The summed E-state index contributed by atoms with van der Waals surface area (Å²) in [5.74, 6) is 1.63. The number of fused-ring (bicyclic) bond motifs is 1. The van der Waals surface area contributed by atoms with Crippen LogP contribution in [0.25, 0.3) is 16.7 Å². The van der Waals surface area contributed by atoms with Gasteiger partial charge in [-0.2, -0.15) is 5.10 Å². The fourth-order valence-corrected chi connectivity index (χ4v) is 3.36. The molecule has 0 fully saturated rings. The molecule has 0 aliphatic rings. The fraction of sp³-hybridized carbons (Fsp3) is 0.227. The van der Waals surface area contributed by atoms with E-state index in [2.05, 4.69) is 51.5 Å². The highest BCUT2D eigenvalue weighted by Gasteiger charge is 2.16. The molecule has 0 saturated heterocycles. The molecule has 0 bridgehead atoms. The van der Waals surface area contributed by atoms with Gasteiger partial charge in [-0.15, -0.1) is 0 Å². The van der Waals surface area contributed by atoms with E-state index in [-0.39, 0.29) is 6.04 Å². The largest absolute Gasteiger partial charge is 0.497 e. The second-order valence-electron chi connectivity index (χ2n) is 6.98. The smallest absolute Gasteiger partial charge is 0.168 e. The molecule has 0 aliphatic heterocycles. The van der Waals surface area contributed by atoms with Crippen molar-refractivity contribution >= 4 is 16.9 Å². The van der Waals surface area contributed by atoms with E-state index in [0.717, 1.165) is 28.3 Å². The van der Waals surface area contributed by atoms with Crippen LogP contribution in [0.5, 0.6) is 5.75 Å². The summed E-state index contributed by atoms with van der Waals surface area (Å²) in [6.45, 7) is 0.696. The molecule has 2 aromatic heterocycles. The van der Waals surface area contributed by atoms with Gasteiger partial charge in [-0.25, -0.2) is 14.6 Å². The van der Waals surface area contributed by atoms with Crippen molar-refractivity contribution < 1.29 is 4.74 Å². The lowest BCUT2D eigenvalue weighted by molar-refractivity contribution is 0.311. The second kappa shape index (κ2) is 8.28. The predicted octanol–water partition coefficient (Wildman–Crippen LogP) is 3.54. The van der Waals surface area contributed by atoms with Crippen molar-refractivity contribution in [3.05, 3.63) is 72.7 Å². The molecule has 1 unspecified atom stereocenters. The Morgan fingerprint density at radius 3 is 2.48 bits per heavy atom. The number of benzene rings is 2. The number of aromatic nitrogens is 4. The van der Waals surface area contributed by atoms with Crippen molar-refractivity contribution in [3.8, 4) is 11.4 Å². The van der Waals surface area contributed by atoms with Gasteiger partial charge in [-0.1, -0.05) is 30.3 Å². The maximum Gasteiger partial charge on any atom is 0.168 e. The number of rotatable bonds is 7. The van der Waals surface area contributed by atoms with Crippen LogP contribution >= 0.6 is 0 Å². The molecule has 0 saturated carbocycles. The molecule has 0 radical (unpaired) electrons. The molecule has 4 rings (SSSR count). The van der Waals surface area contributed by atoms with Crippen LogP contribution in [0.15, 0.2) is 67.1 Å². The van der Waals surface area contributed by atoms with Crippen LogP contribution in [0.1, 0.15) is 11.6 Å². The Morgan fingerprint density at radius 2 is 1.79 bits per heavy atom. The van der Waals surface area contributed by atoms with Gasteiger partial charge in [-0.05, 0) is 43.9 Å². The van der Waals surface area contributed by atoms with Gasteiger partial charge in [0.05, 0.1) is 30.4 Å². The lowest BCUT2D eigenvalue weighted by Gasteiger charge is -2.25. The van der Waals surface area contributed by atoms with Gasteiger partial charge in [0.15, 0.2) is 5.65 Å². The van der Waals surface area contributed by atoms with Crippen LogP contribution in [0.2, 0.25) is 0 Å². The minimum Gasteiger partial charge on any atom is -0.497 e. The predicted molar refractivity (Wildman–Crippen MR) is 115 cm³/mol. The molecule has 148 valence electrons. The highest BCUT2D eigenvalue weighted by molar-refractivity contribution is 5.87. The molecule has 2 aromatic carbocycles. The molecule has 7 nitrogen and oxygen atoms in total. The highest BCUT2D eigenvalue weighted by atomic mass is 16.5. The van der Waals surface area contributed by atoms with E-state index in [1.807, 2.05) is 53.3 Å². The topological polar surface area (TPSA) is 68.1 Å². The zero-order chi connectivity index (χ0) is 20.2. The van der Waals surface area contributed by atoms with Gasteiger partial charge < -0.3 is 15.0 Å². The van der Waals surface area contributed by atoms with Gasteiger partial charge in [0, 0.05) is 6.54 Å². The number of anilines is 1. The molecule has 0 spiro atoms. The SMILES string of the molecule is COc1ccc(C(CNc2ncnc3c2cnn3-c2ccccc2)N(C)C)cc1. The number of nitrogens with zero attached hydrogens (tertiary/aromatic N) is 5. The first kappa shape index (κ1) is 18.9. The Morgan fingerprint density at radius 1 is 1.03 bits per heavy atom. The summed E-state index contributed by atoms with van der Waals surface area (Å²) in [4.78, 5) is 11.1. The van der Waals surface area contributed by atoms with Crippen LogP contribution in [-0.2, 0) is 0 Å². The highest BCUT2D eigenvalue weighted by Crippen LogP contribution is 2.25. The Bertz CT molecular complexity index is 1080. The maximum atomic E-state index is 5.27. The number of likely N-dealkylation sites (N-methyl/N-ethyl adjacent to an activating group) is 1. The zero-order valence-corrected chi connectivity index (χ0v) is 16.8. The van der Waals surface area contributed by atoms with Crippen molar-refractivity contribution in [2.24, 2.45) is 0 Å². The second-order valence-corrected chi connectivity index (χ2v) is 6.98.